The number of thiophene rings is 1. The van der Waals surface area contributed by atoms with Crippen LogP contribution in [-0.2, 0) is 14.8 Å². The number of nitrogens with zero attached hydrogens (tertiary/aromatic N) is 4. The van der Waals surface area contributed by atoms with Gasteiger partial charge < -0.3 is 14.2 Å². The first kappa shape index (κ1) is 20.5. The highest BCUT2D eigenvalue weighted by molar-refractivity contribution is 7.91. The molecule has 158 valence electrons. The predicted octanol–water partition coefficient (Wildman–Crippen LogP) is 2.49. The summed E-state index contributed by atoms with van der Waals surface area (Å²) in [7, 11) is -3.62. The molecule has 3 aromatic heterocycles. The summed E-state index contributed by atoms with van der Waals surface area (Å²) in [6, 6.07) is 10.3. The second-order valence-electron chi connectivity index (χ2n) is 6.49. The zero-order valence-corrected chi connectivity index (χ0v) is 17.9. The molecule has 0 saturated carbocycles. The number of sulfonamides is 1. The fourth-order valence-corrected chi connectivity index (χ4v) is 5.94. The average Bonchev–Trinajstić information content (AvgIpc) is 3.45. The van der Waals surface area contributed by atoms with Crippen LogP contribution < -0.4 is 4.90 Å². The number of ether oxygens (including phenoxy) is 1. The van der Waals surface area contributed by atoms with Crippen molar-refractivity contribution >= 4 is 33.1 Å². The molecule has 0 aliphatic carbocycles. The number of aromatic nitrogens is 2. The number of rotatable bonds is 6. The van der Waals surface area contributed by atoms with Gasteiger partial charge in [-0.3, -0.25) is 0 Å². The Kier molecular flexibility index (Phi) is 5.84. The molecule has 11 heteroatoms. The summed E-state index contributed by atoms with van der Waals surface area (Å²) in [5.41, 5.74) is 0.0512. The van der Waals surface area contributed by atoms with Crippen LogP contribution in [0.5, 0.6) is 0 Å². The molecule has 0 spiro atoms. The fraction of sp³-hybridized carbons (Fsp3) is 0.316. The lowest BCUT2D eigenvalue weighted by Gasteiger charge is -2.34. The van der Waals surface area contributed by atoms with Crippen molar-refractivity contribution in [3.05, 3.63) is 48.3 Å². The molecule has 0 atom stereocenters. The third-order valence-corrected chi connectivity index (χ3v) is 8.09. The summed E-state index contributed by atoms with van der Waals surface area (Å²) in [5, 5.41) is 3.70. The average molecular weight is 449 g/mol. The predicted molar refractivity (Wildman–Crippen MR) is 111 cm³/mol. The number of esters is 1. The minimum absolute atomic E-state index is 0.0512. The van der Waals surface area contributed by atoms with Gasteiger partial charge in [0.05, 0.1) is 11.5 Å². The van der Waals surface area contributed by atoms with E-state index in [0.29, 0.717) is 36.8 Å². The first-order valence-corrected chi connectivity index (χ1v) is 11.6. The van der Waals surface area contributed by atoms with E-state index in [1.54, 1.807) is 25.3 Å². The third kappa shape index (κ3) is 4.09. The topological polar surface area (TPSA) is 106 Å². The van der Waals surface area contributed by atoms with Gasteiger partial charge in [-0.25, -0.2) is 18.2 Å². The first-order chi connectivity index (χ1) is 14.5. The van der Waals surface area contributed by atoms with E-state index in [1.165, 1.54) is 10.4 Å². The quantitative estimate of drug-likeness (QED) is 0.530. The van der Waals surface area contributed by atoms with Crippen molar-refractivity contribution in [2.24, 2.45) is 0 Å². The van der Waals surface area contributed by atoms with Crippen LogP contribution in [0.15, 0.2) is 51.3 Å². The van der Waals surface area contributed by atoms with Crippen molar-refractivity contribution in [3.8, 4) is 10.6 Å². The van der Waals surface area contributed by atoms with Crippen LogP contribution in [0, 0.1) is 0 Å². The number of anilines is 1. The lowest BCUT2D eigenvalue weighted by molar-refractivity contribution is 0.0514. The molecule has 0 unspecified atom stereocenters. The molecule has 30 heavy (non-hydrogen) atoms. The van der Waals surface area contributed by atoms with Crippen LogP contribution in [-0.4, -0.2) is 61.6 Å². The van der Waals surface area contributed by atoms with Crippen molar-refractivity contribution in [2.75, 3.05) is 37.7 Å². The smallest absolute Gasteiger partial charge is 0.360 e. The van der Waals surface area contributed by atoms with Crippen molar-refractivity contribution in [1.29, 1.82) is 0 Å². The maximum absolute atomic E-state index is 13.1. The van der Waals surface area contributed by atoms with E-state index in [1.807, 2.05) is 18.2 Å². The Balaban J connectivity index is 1.46. The Hall–Kier alpha value is -2.76. The van der Waals surface area contributed by atoms with Crippen LogP contribution in [0.2, 0.25) is 0 Å². The van der Waals surface area contributed by atoms with Crippen LogP contribution >= 0.6 is 11.3 Å². The number of carbonyl (C=O) groups is 1. The largest absolute Gasteiger partial charge is 0.461 e. The van der Waals surface area contributed by atoms with E-state index in [4.69, 9.17) is 9.26 Å². The van der Waals surface area contributed by atoms with E-state index in [2.05, 4.69) is 15.0 Å². The Bertz CT molecular complexity index is 1120. The number of carbonyl (C=O) groups excluding carboxylic acids is 1. The van der Waals surface area contributed by atoms with Crippen molar-refractivity contribution in [1.82, 2.24) is 14.4 Å². The molecule has 0 aromatic carbocycles. The van der Waals surface area contributed by atoms with Gasteiger partial charge in [-0.2, -0.15) is 4.31 Å². The summed E-state index contributed by atoms with van der Waals surface area (Å²) >= 11 is 1.08. The standard InChI is InChI=1S/C19H20N4O5S2/c1-2-27-19(24)14-13-15(28-21-14)16-6-7-18(29-16)30(25,26)23-11-9-22(10-12-23)17-5-3-4-8-20-17/h3-8,13H,2,9-12H2,1H3. The minimum Gasteiger partial charge on any atom is -0.461 e. The third-order valence-electron chi connectivity index (χ3n) is 4.62. The second-order valence-corrected chi connectivity index (χ2v) is 9.74. The summed E-state index contributed by atoms with van der Waals surface area (Å²) < 4.78 is 37.9. The second kappa shape index (κ2) is 8.54. The lowest BCUT2D eigenvalue weighted by Crippen LogP contribution is -2.48. The maximum Gasteiger partial charge on any atom is 0.360 e. The Morgan fingerprint density at radius 1 is 1.20 bits per heavy atom. The van der Waals surface area contributed by atoms with Crippen molar-refractivity contribution in [2.45, 2.75) is 11.1 Å². The monoisotopic (exact) mass is 448 g/mol. The van der Waals surface area contributed by atoms with E-state index < -0.39 is 16.0 Å². The Morgan fingerprint density at radius 2 is 2.00 bits per heavy atom. The molecular formula is C19H20N4O5S2. The molecule has 1 aliphatic heterocycles. The molecule has 1 fully saturated rings. The molecule has 4 heterocycles. The molecule has 1 aliphatic rings. The minimum atomic E-state index is -3.62. The van der Waals surface area contributed by atoms with E-state index in [9.17, 15) is 13.2 Å². The normalized spacial score (nSPS) is 15.3. The van der Waals surface area contributed by atoms with Gasteiger partial charge in [0.2, 0.25) is 0 Å². The molecule has 0 radical (unpaired) electrons. The van der Waals surface area contributed by atoms with Gasteiger partial charge in [-0.15, -0.1) is 11.3 Å². The van der Waals surface area contributed by atoms with E-state index in [-0.39, 0.29) is 16.5 Å². The number of hydrogen-bond donors (Lipinski definition) is 0. The van der Waals surface area contributed by atoms with E-state index in [0.717, 1.165) is 17.2 Å². The van der Waals surface area contributed by atoms with Gasteiger partial charge in [-0.05, 0) is 31.2 Å². The van der Waals surface area contributed by atoms with Gasteiger partial charge in [-0.1, -0.05) is 11.2 Å². The summed E-state index contributed by atoms with van der Waals surface area (Å²) in [5.74, 6) is 0.586. The molecule has 0 amide bonds. The number of hydrogen-bond acceptors (Lipinski definition) is 9. The van der Waals surface area contributed by atoms with Crippen LogP contribution in [0.4, 0.5) is 5.82 Å². The maximum atomic E-state index is 13.1. The summed E-state index contributed by atoms with van der Waals surface area (Å²) in [6.45, 7) is 3.82. The molecule has 3 aromatic rings. The molecule has 1 saturated heterocycles. The molecule has 0 bridgehead atoms. The molecule has 9 nitrogen and oxygen atoms in total. The van der Waals surface area contributed by atoms with Gasteiger partial charge in [0.15, 0.2) is 11.5 Å². The van der Waals surface area contributed by atoms with Gasteiger partial charge in [0.25, 0.3) is 10.0 Å². The zero-order valence-electron chi connectivity index (χ0n) is 16.2. The fourth-order valence-electron chi connectivity index (χ4n) is 3.11. The highest BCUT2D eigenvalue weighted by atomic mass is 32.2. The van der Waals surface area contributed by atoms with Gasteiger partial charge in [0, 0.05) is 38.4 Å². The zero-order chi connectivity index (χ0) is 21.1. The highest BCUT2D eigenvalue weighted by Gasteiger charge is 2.30. The highest BCUT2D eigenvalue weighted by Crippen LogP contribution is 2.33. The van der Waals surface area contributed by atoms with E-state index >= 15 is 0 Å². The molecule has 4 rings (SSSR count). The summed E-state index contributed by atoms with van der Waals surface area (Å²) in [6.07, 6.45) is 1.72. The Labute approximate surface area is 177 Å². The summed E-state index contributed by atoms with van der Waals surface area (Å²) in [4.78, 5) is 18.7. The van der Waals surface area contributed by atoms with Crippen LogP contribution in [0.3, 0.4) is 0 Å². The van der Waals surface area contributed by atoms with Gasteiger partial charge in [0.1, 0.15) is 10.0 Å². The Morgan fingerprint density at radius 3 is 2.70 bits per heavy atom. The lowest BCUT2D eigenvalue weighted by atomic mass is 10.3. The molecular weight excluding hydrogens is 428 g/mol. The van der Waals surface area contributed by atoms with Crippen molar-refractivity contribution in [3.63, 3.8) is 0 Å². The van der Waals surface area contributed by atoms with Gasteiger partial charge >= 0.3 is 5.97 Å². The molecule has 0 N–H and O–H groups in total. The number of piperazine rings is 1. The van der Waals surface area contributed by atoms with Crippen LogP contribution in [0.1, 0.15) is 17.4 Å². The van der Waals surface area contributed by atoms with Crippen LogP contribution in [0.25, 0.3) is 10.6 Å². The first-order valence-electron chi connectivity index (χ1n) is 9.39. The number of pyridine rings is 1. The SMILES string of the molecule is CCOC(=O)c1cc(-c2ccc(S(=O)(=O)N3CCN(c4ccccn4)CC3)s2)on1. The van der Waals surface area contributed by atoms with Crippen molar-refractivity contribution < 1.29 is 22.5 Å².